The Balaban J connectivity index is 2.06. The van der Waals surface area contributed by atoms with Crippen LogP contribution in [-0.4, -0.2) is 9.55 Å². The van der Waals surface area contributed by atoms with Gasteiger partial charge in [0, 0.05) is 23.8 Å². The summed E-state index contributed by atoms with van der Waals surface area (Å²) in [7, 11) is 0. The predicted octanol–water partition coefficient (Wildman–Crippen LogP) is 4.70. The van der Waals surface area contributed by atoms with E-state index in [-0.39, 0.29) is 0 Å². The number of rotatable bonds is 8. The molecule has 0 aliphatic rings. The van der Waals surface area contributed by atoms with Gasteiger partial charge in [-0.05, 0) is 24.3 Å². The maximum Gasteiger partial charge on any atom is 0.203 e. The monoisotopic (exact) mass is 277 g/mol. The number of aromatic nitrogens is 2. The molecule has 0 amide bonds. The second kappa shape index (κ2) is 7.34. The molecule has 0 aliphatic carbocycles. The highest BCUT2D eigenvalue weighted by atomic mass is 32.1. The second-order valence-corrected chi connectivity index (χ2v) is 5.78. The number of hydrogen-bond acceptors (Lipinski definition) is 3. The molecule has 0 fully saturated rings. The third kappa shape index (κ3) is 3.83. The average molecular weight is 277 g/mol. The van der Waals surface area contributed by atoms with Crippen LogP contribution in [0.3, 0.4) is 0 Å². The molecule has 0 radical (unpaired) electrons. The molecule has 2 rings (SSSR count). The van der Waals surface area contributed by atoms with E-state index in [4.69, 9.17) is 0 Å². The van der Waals surface area contributed by atoms with Gasteiger partial charge < -0.3 is 9.88 Å². The molecule has 2 aromatic rings. The van der Waals surface area contributed by atoms with Crippen molar-refractivity contribution in [3.63, 3.8) is 0 Å². The van der Waals surface area contributed by atoms with Crippen LogP contribution in [0.25, 0.3) is 0 Å². The first-order valence-electron chi connectivity index (χ1n) is 7.16. The van der Waals surface area contributed by atoms with Gasteiger partial charge in [0.05, 0.1) is 6.04 Å². The lowest BCUT2D eigenvalue weighted by atomic mass is 10.1. The molecular formula is C15H23N3S. The van der Waals surface area contributed by atoms with E-state index < -0.39 is 0 Å². The number of imidazole rings is 1. The van der Waals surface area contributed by atoms with Gasteiger partial charge in [0.15, 0.2) is 0 Å². The summed E-state index contributed by atoms with van der Waals surface area (Å²) in [5.74, 6) is 1.00. The Kier molecular flexibility index (Phi) is 5.45. The Bertz CT molecular complexity index is 461. The Labute approximate surface area is 119 Å². The predicted molar refractivity (Wildman–Crippen MR) is 82.7 cm³/mol. The Morgan fingerprint density at radius 2 is 2.26 bits per heavy atom. The van der Waals surface area contributed by atoms with Gasteiger partial charge >= 0.3 is 0 Å². The highest BCUT2D eigenvalue weighted by molar-refractivity contribution is 7.10. The zero-order chi connectivity index (χ0) is 13.5. The molecule has 0 bridgehead atoms. The molecule has 0 aromatic carbocycles. The van der Waals surface area contributed by atoms with Crippen molar-refractivity contribution in [1.29, 1.82) is 0 Å². The summed E-state index contributed by atoms with van der Waals surface area (Å²) in [6.45, 7) is 5.49. The van der Waals surface area contributed by atoms with Gasteiger partial charge in [-0.1, -0.05) is 32.8 Å². The van der Waals surface area contributed by atoms with Crippen molar-refractivity contribution in [2.24, 2.45) is 0 Å². The van der Waals surface area contributed by atoms with Crippen molar-refractivity contribution in [2.45, 2.75) is 52.1 Å². The van der Waals surface area contributed by atoms with E-state index in [1.54, 1.807) is 0 Å². The number of nitrogens with zero attached hydrogens (tertiary/aromatic N) is 2. The third-order valence-electron chi connectivity index (χ3n) is 3.24. The SMILES string of the molecule is CCCCn1ccnc1NC(CCC)c1cccs1. The minimum absolute atomic E-state index is 0.382. The number of nitrogens with one attached hydrogen (secondary N) is 1. The van der Waals surface area contributed by atoms with E-state index in [1.807, 2.05) is 17.5 Å². The standard InChI is InChI=1S/C15H23N3S/c1-3-5-10-18-11-9-16-15(18)17-13(7-4-2)14-8-6-12-19-14/h6,8-9,11-13H,3-5,7,10H2,1-2H3,(H,16,17). The fourth-order valence-electron chi connectivity index (χ4n) is 2.18. The topological polar surface area (TPSA) is 29.9 Å². The number of anilines is 1. The van der Waals surface area contributed by atoms with Crippen molar-refractivity contribution in [1.82, 2.24) is 9.55 Å². The summed E-state index contributed by atoms with van der Waals surface area (Å²) in [5, 5.41) is 5.74. The van der Waals surface area contributed by atoms with Crippen molar-refractivity contribution < 1.29 is 0 Å². The van der Waals surface area contributed by atoms with Gasteiger partial charge in [0.2, 0.25) is 5.95 Å². The zero-order valence-corrected chi connectivity index (χ0v) is 12.6. The third-order valence-corrected chi connectivity index (χ3v) is 4.22. The minimum Gasteiger partial charge on any atom is -0.348 e. The van der Waals surface area contributed by atoms with E-state index >= 15 is 0 Å². The maximum atomic E-state index is 4.46. The summed E-state index contributed by atoms with van der Waals surface area (Å²) in [6.07, 6.45) is 8.67. The molecule has 0 aliphatic heterocycles. The summed E-state index contributed by atoms with van der Waals surface area (Å²) >= 11 is 1.82. The van der Waals surface area contributed by atoms with E-state index in [2.05, 4.69) is 52.4 Å². The van der Waals surface area contributed by atoms with Crippen molar-refractivity contribution in [3.05, 3.63) is 34.8 Å². The Morgan fingerprint density at radius 1 is 1.37 bits per heavy atom. The van der Waals surface area contributed by atoms with Crippen molar-refractivity contribution in [3.8, 4) is 0 Å². The molecule has 104 valence electrons. The van der Waals surface area contributed by atoms with Crippen molar-refractivity contribution >= 4 is 17.3 Å². The number of unbranched alkanes of at least 4 members (excludes halogenated alkanes) is 1. The van der Waals surface area contributed by atoms with Crippen LogP contribution in [0.4, 0.5) is 5.95 Å². The quantitative estimate of drug-likeness (QED) is 0.758. The molecule has 2 aromatic heterocycles. The zero-order valence-electron chi connectivity index (χ0n) is 11.8. The lowest BCUT2D eigenvalue weighted by Crippen LogP contribution is -2.13. The van der Waals surface area contributed by atoms with Crippen LogP contribution in [0.15, 0.2) is 29.9 Å². The summed E-state index contributed by atoms with van der Waals surface area (Å²) in [4.78, 5) is 5.85. The van der Waals surface area contributed by atoms with Gasteiger partial charge in [0.1, 0.15) is 0 Å². The molecule has 2 heterocycles. The normalized spacial score (nSPS) is 12.5. The van der Waals surface area contributed by atoms with Crippen molar-refractivity contribution in [2.75, 3.05) is 5.32 Å². The summed E-state index contributed by atoms with van der Waals surface area (Å²) in [5.41, 5.74) is 0. The summed E-state index contributed by atoms with van der Waals surface area (Å²) in [6, 6.07) is 4.71. The van der Waals surface area contributed by atoms with E-state index in [0.717, 1.165) is 18.9 Å². The molecule has 19 heavy (non-hydrogen) atoms. The number of thiophene rings is 1. The molecule has 3 nitrogen and oxygen atoms in total. The van der Waals surface area contributed by atoms with Gasteiger partial charge in [-0.15, -0.1) is 11.3 Å². The van der Waals surface area contributed by atoms with E-state index in [9.17, 15) is 0 Å². The number of aryl methyl sites for hydroxylation is 1. The Morgan fingerprint density at radius 3 is 2.95 bits per heavy atom. The maximum absolute atomic E-state index is 4.46. The van der Waals surface area contributed by atoms with Crippen LogP contribution in [0.1, 0.15) is 50.4 Å². The molecule has 1 unspecified atom stereocenters. The van der Waals surface area contributed by atoms with Gasteiger partial charge in [-0.2, -0.15) is 0 Å². The van der Waals surface area contributed by atoms with E-state index in [0.29, 0.717) is 6.04 Å². The van der Waals surface area contributed by atoms with Crippen LogP contribution in [0.2, 0.25) is 0 Å². The molecule has 0 spiro atoms. The average Bonchev–Trinajstić information content (AvgIpc) is 3.07. The second-order valence-electron chi connectivity index (χ2n) is 4.80. The smallest absolute Gasteiger partial charge is 0.203 e. The first-order valence-corrected chi connectivity index (χ1v) is 8.04. The highest BCUT2D eigenvalue weighted by Gasteiger charge is 2.13. The molecule has 0 saturated carbocycles. The van der Waals surface area contributed by atoms with Crippen LogP contribution >= 0.6 is 11.3 Å². The fourth-order valence-corrected chi connectivity index (χ4v) is 2.99. The lowest BCUT2D eigenvalue weighted by molar-refractivity contribution is 0.618. The van der Waals surface area contributed by atoms with Gasteiger partial charge in [0.25, 0.3) is 0 Å². The van der Waals surface area contributed by atoms with Crippen LogP contribution in [0, 0.1) is 0 Å². The van der Waals surface area contributed by atoms with Crippen LogP contribution < -0.4 is 5.32 Å². The lowest BCUT2D eigenvalue weighted by Gasteiger charge is -2.18. The highest BCUT2D eigenvalue weighted by Crippen LogP contribution is 2.26. The first kappa shape index (κ1) is 14.1. The van der Waals surface area contributed by atoms with E-state index in [1.165, 1.54) is 24.1 Å². The minimum atomic E-state index is 0.382. The first-order chi connectivity index (χ1) is 9.35. The fraction of sp³-hybridized carbons (Fsp3) is 0.533. The van der Waals surface area contributed by atoms with Crippen LogP contribution in [0.5, 0.6) is 0 Å². The molecule has 1 atom stereocenters. The van der Waals surface area contributed by atoms with Gasteiger partial charge in [-0.25, -0.2) is 4.98 Å². The molecular weight excluding hydrogens is 254 g/mol. The number of hydrogen-bond donors (Lipinski definition) is 1. The molecule has 0 saturated heterocycles. The van der Waals surface area contributed by atoms with Crippen LogP contribution in [-0.2, 0) is 6.54 Å². The summed E-state index contributed by atoms with van der Waals surface area (Å²) < 4.78 is 2.22. The Hall–Kier alpha value is -1.29. The van der Waals surface area contributed by atoms with Gasteiger partial charge in [-0.3, -0.25) is 0 Å². The largest absolute Gasteiger partial charge is 0.348 e. The molecule has 4 heteroatoms. The molecule has 1 N–H and O–H groups in total.